The fourth-order valence-corrected chi connectivity index (χ4v) is 2.79. The predicted molar refractivity (Wildman–Crippen MR) is 73.0 cm³/mol. The lowest BCUT2D eigenvalue weighted by molar-refractivity contribution is -0.118. The van der Waals surface area contributed by atoms with Crippen LogP contribution in [0.15, 0.2) is 24.3 Å². The van der Waals surface area contributed by atoms with Gasteiger partial charge in [-0.3, -0.25) is 4.79 Å². The molecular weight excluding hydrogens is 224 g/mol. The average Bonchev–Trinajstić information content (AvgIpc) is 2.39. The molecule has 1 amide bonds. The van der Waals surface area contributed by atoms with Gasteiger partial charge in [-0.15, -0.1) is 0 Å². The molecule has 18 heavy (non-hydrogen) atoms. The number of rotatable bonds is 4. The Morgan fingerprint density at radius 3 is 2.33 bits per heavy atom. The molecule has 0 radical (unpaired) electrons. The normalized spacial score (nSPS) is 18.5. The van der Waals surface area contributed by atoms with Crippen LogP contribution in [0.1, 0.15) is 61.6 Å². The fourth-order valence-electron chi connectivity index (χ4n) is 2.79. The Morgan fingerprint density at radius 1 is 1.17 bits per heavy atom. The third-order valence-electron chi connectivity index (χ3n) is 3.86. The summed E-state index contributed by atoms with van der Waals surface area (Å²) in [5, 5.41) is 0. The minimum Gasteiger partial charge on any atom is -0.370 e. The first-order chi connectivity index (χ1) is 8.66. The molecular formula is C15H22N2O. The lowest BCUT2D eigenvalue weighted by Crippen LogP contribution is -2.20. The Hall–Kier alpha value is -1.35. The van der Waals surface area contributed by atoms with Gasteiger partial charge in [-0.25, -0.2) is 0 Å². The highest BCUT2D eigenvalue weighted by atomic mass is 16.1. The topological polar surface area (TPSA) is 69.1 Å². The number of amides is 1. The van der Waals surface area contributed by atoms with E-state index in [9.17, 15) is 4.79 Å². The van der Waals surface area contributed by atoms with Crippen molar-refractivity contribution in [1.82, 2.24) is 0 Å². The molecule has 1 aromatic rings. The molecule has 4 N–H and O–H groups in total. The molecule has 98 valence electrons. The summed E-state index contributed by atoms with van der Waals surface area (Å²) in [4.78, 5) is 10.8. The van der Waals surface area contributed by atoms with E-state index in [1.54, 1.807) is 0 Å². The van der Waals surface area contributed by atoms with E-state index in [1.807, 2.05) is 12.1 Å². The van der Waals surface area contributed by atoms with E-state index in [0.717, 1.165) is 5.56 Å². The van der Waals surface area contributed by atoms with Crippen LogP contribution in [0.5, 0.6) is 0 Å². The van der Waals surface area contributed by atoms with Crippen LogP contribution in [0.3, 0.4) is 0 Å². The van der Waals surface area contributed by atoms with E-state index in [2.05, 4.69) is 12.1 Å². The van der Waals surface area contributed by atoms with Crippen LogP contribution in [-0.2, 0) is 4.79 Å². The van der Waals surface area contributed by atoms with Crippen LogP contribution >= 0.6 is 0 Å². The smallest absolute Gasteiger partial charge is 0.219 e. The first-order valence-electron chi connectivity index (χ1n) is 6.80. The second-order valence-electron chi connectivity index (χ2n) is 5.28. The number of carbonyl (C=O) groups is 1. The van der Waals surface area contributed by atoms with Crippen molar-refractivity contribution in [2.24, 2.45) is 11.5 Å². The summed E-state index contributed by atoms with van der Waals surface area (Å²) in [6.45, 7) is 0. The van der Waals surface area contributed by atoms with Gasteiger partial charge in [-0.2, -0.15) is 0 Å². The number of hydrogen-bond donors (Lipinski definition) is 2. The zero-order chi connectivity index (χ0) is 13.0. The van der Waals surface area contributed by atoms with E-state index < -0.39 is 0 Å². The van der Waals surface area contributed by atoms with Crippen molar-refractivity contribution in [2.45, 2.75) is 50.5 Å². The van der Waals surface area contributed by atoms with Gasteiger partial charge in [0.05, 0.1) is 0 Å². The molecule has 1 aromatic carbocycles. The van der Waals surface area contributed by atoms with Gasteiger partial charge in [0.2, 0.25) is 5.91 Å². The first-order valence-corrected chi connectivity index (χ1v) is 6.80. The zero-order valence-corrected chi connectivity index (χ0v) is 10.8. The summed E-state index contributed by atoms with van der Waals surface area (Å²) in [6.07, 6.45) is 6.86. The SMILES string of the molecule is NC(=O)CC(N)c1ccc(C2CCCCC2)cc1. The van der Waals surface area contributed by atoms with Crippen LogP contribution in [0.2, 0.25) is 0 Å². The minimum atomic E-state index is -0.348. The van der Waals surface area contributed by atoms with E-state index in [4.69, 9.17) is 11.5 Å². The van der Waals surface area contributed by atoms with Crippen LogP contribution in [-0.4, -0.2) is 5.91 Å². The van der Waals surface area contributed by atoms with Crippen molar-refractivity contribution in [1.29, 1.82) is 0 Å². The third kappa shape index (κ3) is 3.33. The fraction of sp³-hybridized carbons (Fsp3) is 0.533. The summed E-state index contributed by atoms with van der Waals surface area (Å²) in [7, 11) is 0. The third-order valence-corrected chi connectivity index (χ3v) is 3.86. The Bertz CT molecular complexity index is 393. The molecule has 0 aromatic heterocycles. The first kappa shape index (κ1) is 13.1. The second-order valence-corrected chi connectivity index (χ2v) is 5.28. The Labute approximate surface area is 109 Å². The van der Waals surface area contributed by atoms with Gasteiger partial charge >= 0.3 is 0 Å². The summed E-state index contributed by atoms with van der Waals surface area (Å²) >= 11 is 0. The van der Waals surface area contributed by atoms with E-state index in [1.165, 1.54) is 37.7 Å². The van der Waals surface area contributed by atoms with Crippen molar-refractivity contribution < 1.29 is 4.79 Å². The van der Waals surface area contributed by atoms with Crippen molar-refractivity contribution in [2.75, 3.05) is 0 Å². The monoisotopic (exact) mass is 246 g/mol. The minimum absolute atomic E-state index is 0.211. The van der Waals surface area contributed by atoms with Crippen LogP contribution in [0, 0.1) is 0 Å². The molecule has 1 atom stereocenters. The van der Waals surface area contributed by atoms with Crippen LogP contribution in [0.4, 0.5) is 0 Å². The maximum absolute atomic E-state index is 10.8. The van der Waals surface area contributed by atoms with Crippen molar-refractivity contribution >= 4 is 5.91 Å². The Kier molecular flexibility index (Phi) is 4.37. The molecule has 0 saturated heterocycles. The van der Waals surface area contributed by atoms with Gasteiger partial charge in [-0.1, -0.05) is 43.5 Å². The molecule has 0 heterocycles. The van der Waals surface area contributed by atoms with Gasteiger partial charge in [0.15, 0.2) is 0 Å². The lowest BCUT2D eigenvalue weighted by atomic mass is 9.83. The molecule has 0 spiro atoms. The lowest BCUT2D eigenvalue weighted by Gasteiger charge is -2.22. The molecule has 1 fully saturated rings. The van der Waals surface area contributed by atoms with E-state index >= 15 is 0 Å². The molecule has 1 saturated carbocycles. The number of carbonyl (C=O) groups excluding carboxylic acids is 1. The van der Waals surface area contributed by atoms with Crippen LogP contribution < -0.4 is 11.5 Å². The summed E-state index contributed by atoms with van der Waals surface area (Å²) < 4.78 is 0. The maximum atomic E-state index is 10.8. The van der Waals surface area contributed by atoms with Crippen molar-refractivity contribution in [3.63, 3.8) is 0 Å². The van der Waals surface area contributed by atoms with Gasteiger partial charge in [0.1, 0.15) is 0 Å². The number of nitrogens with two attached hydrogens (primary N) is 2. The van der Waals surface area contributed by atoms with Gasteiger partial charge in [0, 0.05) is 12.5 Å². The van der Waals surface area contributed by atoms with E-state index in [0.29, 0.717) is 5.92 Å². The largest absolute Gasteiger partial charge is 0.370 e. The van der Waals surface area contributed by atoms with Gasteiger partial charge in [0.25, 0.3) is 0 Å². The van der Waals surface area contributed by atoms with Gasteiger partial charge in [-0.05, 0) is 29.9 Å². The molecule has 1 aliphatic carbocycles. The highest BCUT2D eigenvalue weighted by Gasteiger charge is 2.16. The van der Waals surface area contributed by atoms with Crippen LogP contribution in [0.25, 0.3) is 0 Å². The van der Waals surface area contributed by atoms with Crippen molar-refractivity contribution in [3.8, 4) is 0 Å². The summed E-state index contributed by atoms with van der Waals surface area (Å²) in [5.74, 6) is 0.360. The molecule has 1 unspecified atom stereocenters. The predicted octanol–water partition coefficient (Wildman–Crippen LogP) is 2.61. The number of primary amides is 1. The second kappa shape index (κ2) is 6.01. The number of hydrogen-bond acceptors (Lipinski definition) is 2. The molecule has 0 aliphatic heterocycles. The molecule has 3 heteroatoms. The Balaban J connectivity index is 2.02. The highest BCUT2D eigenvalue weighted by molar-refractivity contribution is 5.74. The standard InChI is InChI=1S/C15H22N2O/c16-14(10-15(17)18)13-8-6-12(7-9-13)11-4-2-1-3-5-11/h6-9,11,14H,1-5,10,16H2,(H2,17,18). The Morgan fingerprint density at radius 2 is 1.78 bits per heavy atom. The summed E-state index contributed by atoms with van der Waals surface area (Å²) in [6, 6.07) is 8.12. The van der Waals surface area contributed by atoms with Gasteiger partial charge < -0.3 is 11.5 Å². The molecule has 2 rings (SSSR count). The van der Waals surface area contributed by atoms with Crippen molar-refractivity contribution in [3.05, 3.63) is 35.4 Å². The maximum Gasteiger partial charge on any atom is 0.219 e. The quantitative estimate of drug-likeness (QED) is 0.857. The number of benzene rings is 1. The molecule has 0 bridgehead atoms. The molecule has 3 nitrogen and oxygen atoms in total. The van der Waals surface area contributed by atoms with E-state index in [-0.39, 0.29) is 18.4 Å². The summed E-state index contributed by atoms with van der Waals surface area (Å²) in [5.41, 5.74) is 13.5. The highest BCUT2D eigenvalue weighted by Crippen LogP contribution is 2.32. The zero-order valence-electron chi connectivity index (χ0n) is 10.8. The average molecular weight is 246 g/mol. The molecule has 1 aliphatic rings.